The number of anilines is 2. The molecule has 1 amide bonds. The Morgan fingerprint density at radius 3 is 2.78 bits per heavy atom. The molecule has 1 aromatic heterocycles. The molecular weight excluding hydrogens is 346 g/mol. The molecule has 0 spiro atoms. The number of hydrogen-bond donors (Lipinski definition) is 2. The molecule has 1 fully saturated rings. The molecular formula is C19H23N5O3. The number of nitrogens with two attached hydrogens (primary N) is 1. The van der Waals surface area contributed by atoms with Gasteiger partial charge in [-0.1, -0.05) is 12.1 Å². The standard InChI is InChI=1S/C19H23N5O3/c1-12(25)24-9-5-6-13(11-24)22-19-21-10-15(18(20)23-19)17(26)14-7-3-4-8-16(14)27-2/h3-4,7-8,10,13H,5-6,9,11H2,1-2H3,(H3,20,21,22,23). The Morgan fingerprint density at radius 1 is 1.30 bits per heavy atom. The van der Waals surface area contributed by atoms with Gasteiger partial charge in [0.05, 0.1) is 18.2 Å². The number of nitrogen functional groups attached to an aromatic ring is 1. The van der Waals surface area contributed by atoms with Crippen LogP contribution in [-0.4, -0.2) is 52.8 Å². The summed E-state index contributed by atoms with van der Waals surface area (Å²) in [5.74, 6) is 0.675. The zero-order valence-electron chi connectivity index (χ0n) is 15.4. The lowest BCUT2D eigenvalue weighted by Gasteiger charge is -2.32. The van der Waals surface area contributed by atoms with Crippen molar-refractivity contribution in [3.05, 3.63) is 41.6 Å². The van der Waals surface area contributed by atoms with E-state index in [0.717, 1.165) is 19.4 Å². The number of nitrogens with one attached hydrogen (secondary N) is 1. The Hall–Kier alpha value is -3.16. The summed E-state index contributed by atoms with van der Waals surface area (Å²) >= 11 is 0. The molecule has 1 atom stereocenters. The van der Waals surface area contributed by atoms with Crippen molar-refractivity contribution in [3.8, 4) is 5.75 Å². The van der Waals surface area contributed by atoms with E-state index in [1.54, 1.807) is 36.1 Å². The van der Waals surface area contributed by atoms with Gasteiger partial charge in [0.15, 0.2) is 0 Å². The molecule has 8 nitrogen and oxygen atoms in total. The number of piperidine rings is 1. The van der Waals surface area contributed by atoms with E-state index in [4.69, 9.17) is 10.5 Å². The fraction of sp³-hybridized carbons (Fsp3) is 0.368. The number of rotatable bonds is 5. The molecule has 1 aliphatic heterocycles. The number of hydrogen-bond acceptors (Lipinski definition) is 7. The summed E-state index contributed by atoms with van der Waals surface area (Å²) in [7, 11) is 1.51. The van der Waals surface area contributed by atoms with Gasteiger partial charge < -0.3 is 20.7 Å². The highest BCUT2D eigenvalue weighted by molar-refractivity contribution is 6.13. The van der Waals surface area contributed by atoms with Gasteiger partial charge in [0, 0.05) is 32.3 Å². The fourth-order valence-corrected chi connectivity index (χ4v) is 3.18. The van der Waals surface area contributed by atoms with Crippen molar-refractivity contribution in [2.75, 3.05) is 31.2 Å². The molecule has 1 saturated heterocycles. The van der Waals surface area contributed by atoms with E-state index in [1.165, 1.54) is 13.3 Å². The lowest BCUT2D eigenvalue weighted by atomic mass is 10.0. The first-order chi connectivity index (χ1) is 13.0. The van der Waals surface area contributed by atoms with Crippen LogP contribution in [0.15, 0.2) is 30.5 Å². The zero-order valence-corrected chi connectivity index (χ0v) is 15.4. The normalized spacial score (nSPS) is 16.7. The Bertz CT molecular complexity index is 855. The highest BCUT2D eigenvalue weighted by atomic mass is 16.5. The van der Waals surface area contributed by atoms with E-state index < -0.39 is 0 Å². The Morgan fingerprint density at radius 2 is 2.07 bits per heavy atom. The second kappa shape index (κ2) is 8.03. The van der Waals surface area contributed by atoms with Crippen molar-refractivity contribution >= 4 is 23.5 Å². The molecule has 1 aromatic carbocycles. The number of carbonyl (C=O) groups is 2. The highest BCUT2D eigenvalue weighted by Crippen LogP contribution is 2.23. The van der Waals surface area contributed by atoms with Gasteiger partial charge in [0.25, 0.3) is 0 Å². The predicted molar refractivity (Wildman–Crippen MR) is 102 cm³/mol. The van der Waals surface area contributed by atoms with Gasteiger partial charge in [0.1, 0.15) is 11.6 Å². The summed E-state index contributed by atoms with van der Waals surface area (Å²) in [6, 6.07) is 6.98. The third-order valence-electron chi connectivity index (χ3n) is 4.61. The fourth-order valence-electron chi connectivity index (χ4n) is 3.18. The predicted octanol–water partition coefficient (Wildman–Crippen LogP) is 1.72. The molecule has 3 N–H and O–H groups in total. The van der Waals surface area contributed by atoms with Crippen LogP contribution in [0.3, 0.4) is 0 Å². The molecule has 27 heavy (non-hydrogen) atoms. The van der Waals surface area contributed by atoms with Crippen LogP contribution in [-0.2, 0) is 4.79 Å². The molecule has 0 bridgehead atoms. The first-order valence-corrected chi connectivity index (χ1v) is 8.82. The Balaban J connectivity index is 1.76. The van der Waals surface area contributed by atoms with Crippen molar-refractivity contribution in [2.24, 2.45) is 0 Å². The number of benzene rings is 1. The monoisotopic (exact) mass is 369 g/mol. The van der Waals surface area contributed by atoms with Crippen LogP contribution in [0.1, 0.15) is 35.7 Å². The first-order valence-electron chi connectivity index (χ1n) is 8.82. The van der Waals surface area contributed by atoms with Gasteiger partial charge in [0.2, 0.25) is 17.6 Å². The second-order valence-corrected chi connectivity index (χ2v) is 6.47. The molecule has 2 heterocycles. The van der Waals surface area contributed by atoms with Gasteiger partial charge in [-0.3, -0.25) is 9.59 Å². The van der Waals surface area contributed by atoms with Crippen molar-refractivity contribution in [3.63, 3.8) is 0 Å². The van der Waals surface area contributed by atoms with Gasteiger partial charge >= 0.3 is 0 Å². The van der Waals surface area contributed by atoms with Crippen LogP contribution in [0.4, 0.5) is 11.8 Å². The van der Waals surface area contributed by atoms with E-state index in [-0.39, 0.29) is 29.1 Å². The lowest BCUT2D eigenvalue weighted by molar-refractivity contribution is -0.129. The first kappa shape index (κ1) is 18.6. The maximum atomic E-state index is 12.8. The summed E-state index contributed by atoms with van der Waals surface area (Å²) in [6.07, 6.45) is 3.25. The van der Waals surface area contributed by atoms with Crippen LogP contribution in [0, 0.1) is 0 Å². The SMILES string of the molecule is COc1ccccc1C(=O)c1cnc(NC2CCCN(C(C)=O)C2)nc1N. The number of carbonyl (C=O) groups excluding carboxylic acids is 2. The highest BCUT2D eigenvalue weighted by Gasteiger charge is 2.23. The minimum Gasteiger partial charge on any atom is -0.496 e. The van der Waals surface area contributed by atoms with Crippen LogP contribution in [0.2, 0.25) is 0 Å². The molecule has 142 valence electrons. The van der Waals surface area contributed by atoms with E-state index in [1.807, 2.05) is 0 Å². The quantitative estimate of drug-likeness (QED) is 0.772. The average Bonchev–Trinajstić information content (AvgIpc) is 2.67. The molecule has 8 heteroatoms. The summed E-state index contributed by atoms with van der Waals surface area (Å²) in [4.78, 5) is 34.6. The van der Waals surface area contributed by atoms with E-state index in [9.17, 15) is 9.59 Å². The summed E-state index contributed by atoms with van der Waals surface area (Å²) < 4.78 is 5.23. The summed E-state index contributed by atoms with van der Waals surface area (Å²) in [5.41, 5.74) is 6.64. The topological polar surface area (TPSA) is 110 Å². The number of amides is 1. The minimum absolute atomic E-state index is 0.0535. The minimum atomic E-state index is -0.295. The molecule has 0 aliphatic carbocycles. The lowest BCUT2D eigenvalue weighted by Crippen LogP contribution is -2.44. The average molecular weight is 369 g/mol. The maximum absolute atomic E-state index is 12.8. The molecule has 0 radical (unpaired) electrons. The van der Waals surface area contributed by atoms with Crippen LogP contribution >= 0.6 is 0 Å². The third kappa shape index (κ3) is 4.16. The molecule has 1 aliphatic rings. The Labute approximate surface area is 157 Å². The van der Waals surface area contributed by atoms with Crippen molar-refractivity contribution in [1.82, 2.24) is 14.9 Å². The van der Waals surface area contributed by atoms with Gasteiger partial charge in [-0.05, 0) is 25.0 Å². The summed E-state index contributed by atoms with van der Waals surface area (Å²) in [5, 5.41) is 3.20. The second-order valence-electron chi connectivity index (χ2n) is 6.47. The van der Waals surface area contributed by atoms with Gasteiger partial charge in [-0.25, -0.2) is 4.98 Å². The smallest absolute Gasteiger partial charge is 0.224 e. The maximum Gasteiger partial charge on any atom is 0.224 e. The third-order valence-corrected chi connectivity index (χ3v) is 4.61. The van der Waals surface area contributed by atoms with E-state index in [2.05, 4.69) is 15.3 Å². The molecule has 1 unspecified atom stereocenters. The van der Waals surface area contributed by atoms with Crippen LogP contribution in [0.25, 0.3) is 0 Å². The molecule has 3 rings (SSSR count). The molecule has 2 aromatic rings. The number of ether oxygens (including phenoxy) is 1. The number of aromatic nitrogens is 2. The zero-order chi connectivity index (χ0) is 19.4. The van der Waals surface area contributed by atoms with Gasteiger partial charge in [-0.15, -0.1) is 0 Å². The van der Waals surface area contributed by atoms with Crippen LogP contribution < -0.4 is 15.8 Å². The Kier molecular flexibility index (Phi) is 5.54. The van der Waals surface area contributed by atoms with Crippen molar-refractivity contribution in [1.29, 1.82) is 0 Å². The number of likely N-dealkylation sites (tertiary alicyclic amines) is 1. The van der Waals surface area contributed by atoms with E-state index in [0.29, 0.717) is 23.8 Å². The largest absolute Gasteiger partial charge is 0.496 e. The van der Waals surface area contributed by atoms with E-state index >= 15 is 0 Å². The van der Waals surface area contributed by atoms with Crippen molar-refractivity contribution < 1.29 is 14.3 Å². The van der Waals surface area contributed by atoms with Crippen molar-refractivity contribution in [2.45, 2.75) is 25.8 Å². The van der Waals surface area contributed by atoms with Gasteiger partial charge in [-0.2, -0.15) is 4.98 Å². The number of para-hydroxylation sites is 1. The number of ketones is 1. The molecule has 0 saturated carbocycles. The summed E-state index contributed by atoms with van der Waals surface area (Å²) in [6.45, 7) is 2.93. The number of methoxy groups -OCH3 is 1. The van der Waals surface area contributed by atoms with Crippen LogP contribution in [0.5, 0.6) is 5.75 Å². The number of nitrogens with zero attached hydrogens (tertiary/aromatic N) is 3.